The first-order chi connectivity index (χ1) is 8.43. The largest absolute Gasteiger partial charge is 0.416 e. The Morgan fingerprint density at radius 3 is 2.78 bits per heavy atom. The second-order valence-electron chi connectivity index (χ2n) is 3.57. The van der Waals surface area contributed by atoms with Crippen molar-refractivity contribution in [1.29, 1.82) is 0 Å². The first kappa shape index (κ1) is 14.1. The average Bonchev–Trinajstić information content (AvgIpc) is 2.33. The number of aliphatic imine (C=N–C) groups is 1. The van der Waals surface area contributed by atoms with E-state index in [1.165, 1.54) is 6.07 Å². The topological polar surface area (TPSA) is 50.4 Å². The lowest BCUT2D eigenvalue weighted by Crippen LogP contribution is -2.31. The molecular weight excluding hydrogens is 243 g/mol. The summed E-state index contributed by atoms with van der Waals surface area (Å²) in [6, 6.07) is 5.00. The molecule has 0 bridgehead atoms. The Bertz CT molecular complexity index is 438. The van der Waals surface area contributed by atoms with Gasteiger partial charge in [0, 0.05) is 6.54 Å². The highest BCUT2D eigenvalue weighted by Gasteiger charge is 2.30. The second-order valence-corrected chi connectivity index (χ2v) is 3.57. The van der Waals surface area contributed by atoms with E-state index in [0.29, 0.717) is 12.1 Å². The highest BCUT2D eigenvalue weighted by atomic mass is 19.4. The van der Waals surface area contributed by atoms with Crippen LogP contribution >= 0.6 is 0 Å². The Morgan fingerprint density at radius 2 is 2.17 bits per heavy atom. The number of halogens is 3. The molecule has 0 saturated carbocycles. The molecule has 0 unspecified atom stereocenters. The minimum absolute atomic E-state index is 0.0971. The first-order valence-electron chi connectivity index (χ1n) is 5.24. The fraction of sp³-hybridized carbons (Fsp3) is 0.250. The Hall–Kier alpha value is -1.98. The van der Waals surface area contributed by atoms with Gasteiger partial charge in [-0.2, -0.15) is 13.2 Å². The van der Waals surface area contributed by atoms with Crippen molar-refractivity contribution >= 4 is 5.96 Å². The zero-order valence-electron chi connectivity index (χ0n) is 9.67. The highest BCUT2D eigenvalue weighted by Crippen LogP contribution is 2.29. The van der Waals surface area contributed by atoms with Crippen molar-refractivity contribution in [2.75, 3.05) is 6.54 Å². The Morgan fingerprint density at radius 1 is 1.44 bits per heavy atom. The fourth-order valence-corrected chi connectivity index (χ4v) is 1.26. The van der Waals surface area contributed by atoms with Gasteiger partial charge in [0.05, 0.1) is 12.1 Å². The van der Waals surface area contributed by atoms with Gasteiger partial charge in [-0.05, 0) is 17.7 Å². The summed E-state index contributed by atoms with van der Waals surface area (Å²) in [4.78, 5) is 3.92. The van der Waals surface area contributed by atoms with E-state index in [0.717, 1.165) is 12.1 Å². The number of hydrogen-bond acceptors (Lipinski definition) is 1. The van der Waals surface area contributed by atoms with Gasteiger partial charge < -0.3 is 11.1 Å². The third-order valence-electron chi connectivity index (χ3n) is 2.11. The van der Waals surface area contributed by atoms with Crippen molar-refractivity contribution in [1.82, 2.24) is 5.32 Å². The normalized spacial score (nSPS) is 12.3. The second kappa shape index (κ2) is 6.09. The predicted molar refractivity (Wildman–Crippen MR) is 65.0 cm³/mol. The predicted octanol–water partition coefficient (Wildman–Crippen LogP) is 2.30. The molecule has 0 fully saturated rings. The molecule has 0 aromatic heterocycles. The maximum atomic E-state index is 12.4. The van der Waals surface area contributed by atoms with Crippen LogP contribution < -0.4 is 11.1 Å². The van der Waals surface area contributed by atoms with E-state index < -0.39 is 11.7 Å². The zero-order valence-corrected chi connectivity index (χ0v) is 9.67. The number of guanidine groups is 1. The van der Waals surface area contributed by atoms with Crippen molar-refractivity contribution in [3.63, 3.8) is 0 Å². The molecule has 18 heavy (non-hydrogen) atoms. The van der Waals surface area contributed by atoms with E-state index >= 15 is 0 Å². The van der Waals surface area contributed by atoms with Crippen LogP contribution in [0.4, 0.5) is 13.2 Å². The Labute approximate surface area is 103 Å². The molecule has 0 saturated heterocycles. The summed E-state index contributed by atoms with van der Waals surface area (Å²) in [6.45, 7) is 4.04. The molecule has 0 aliphatic carbocycles. The number of benzene rings is 1. The Kier molecular flexibility index (Phi) is 4.76. The number of nitrogens with zero attached hydrogens (tertiary/aromatic N) is 1. The molecule has 98 valence electrons. The fourth-order valence-electron chi connectivity index (χ4n) is 1.26. The van der Waals surface area contributed by atoms with Crippen molar-refractivity contribution < 1.29 is 13.2 Å². The van der Waals surface area contributed by atoms with Crippen LogP contribution in [0.25, 0.3) is 0 Å². The van der Waals surface area contributed by atoms with E-state index in [1.807, 2.05) is 0 Å². The maximum absolute atomic E-state index is 12.4. The number of hydrogen-bond donors (Lipinski definition) is 2. The van der Waals surface area contributed by atoms with E-state index in [-0.39, 0.29) is 12.5 Å². The van der Waals surface area contributed by atoms with Crippen LogP contribution in [0.1, 0.15) is 11.1 Å². The van der Waals surface area contributed by atoms with Crippen LogP contribution in [0.3, 0.4) is 0 Å². The Balaban J connectivity index is 2.71. The zero-order chi connectivity index (χ0) is 13.6. The average molecular weight is 257 g/mol. The molecule has 1 rings (SSSR count). The van der Waals surface area contributed by atoms with E-state index in [4.69, 9.17) is 5.73 Å². The van der Waals surface area contributed by atoms with Crippen LogP contribution in [0.5, 0.6) is 0 Å². The molecule has 3 N–H and O–H groups in total. The van der Waals surface area contributed by atoms with Crippen molar-refractivity contribution in [2.45, 2.75) is 12.7 Å². The van der Waals surface area contributed by atoms with E-state index in [9.17, 15) is 13.2 Å². The van der Waals surface area contributed by atoms with Crippen molar-refractivity contribution in [3.05, 3.63) is 48.0 Å². The minimum atomic E-state index is -4.34. The summed E-state index contributed by atoms with van der Waals surface area (Å²) >= 11 is 0. The van der Waals surface area contributed by atoms with Crippen LogP contribution in [0.2, 0.25) is 0 Å². The highest BCUT2D eigenvalue weighted by molar-refractivity contribution is 5.77. The molecule has 0 aliphatic rings. The molecule has 0 spiro atoms. The molecule has 0 heterocycles. The molecule has 0 radical (unpaired) electrons. The molecule has 1 aromatic carbocycles. The minimum Gasteiger partial charge on any atom is -0.370 e. The molecule has 0 amide bonds. The molecule has 3 nitrogen and oxygen atoms in total. The molecular formula is C12H14F3N3. The van der Waals surface area contributed by atoms with E-state index in [2.05, 4.69) is 16.9 Å². The van der Waals surface area contributed by atoms with Gasteiger partial charge in [-0.15, -0.1) is 6.58 Å². The third-order valence-corrected chi connectivity index (χ3v) is 2.11. The van der Waals surface area contributed by atoms with Crippen LogP contribution in [-0.4, -0.2) is 12.5 Å². The number of rotatable bonds is 4. The lowest BCUT2D eigenvalue weighted by atomic mass is 10.1. The van der Waals surface area contributed by atoms with Gasteiger partial charge in [0.15, 0.2) is 5.96 Å². The quantitative estimate of drug-likeness (QED) is 0.494. The van der Waals surface area contributed by atoms with Crippen LogP contribution in [0, 0.1) is 0 Å². The summed E-state index contributed by atoms with van der Waals surface area (Å²) in [5.41, 5.74) is 5.27. The van der Waals surface area contributed by atoms with Gasteiger partial charge in [0.1, 0.15) is 0 Å². The van der Waals surface area contributed by atoms with Gasteiger partial charge in [0.25, 0.3) is 0 Å². The van der Waals surface area contributed by atoms with E-state index in [1.54, 1.807) is 12.1 Å². The van der Waals surface area contributed by atoms with Gasteiger partial charge >= 0.3 is 6.18 Å². The SMILES string of the molecule is C=CCNC(N)=NCc1cccc(C(F)(F)F)c1. The monoisotopic (exact) mass is 257 g/mol. The van der Waals surface area contributed by atoms with Crippen LogP contribution in [-0.2, 0) is 12.7 Å². The molecule has 0 atom stereocenters. The summed E-state index contributed by atoms with van der Waals surface area (Å²) in [5, 5.41) is 2.73. The van der Waals surface area contributed by atoms with Crippen molar-refractivity contribution in [3.8, 4) is 0 Å². The number of alkyl halides is 3. The summed E-state index contributed by atoms with van der Waals surface area (Å²) < 4.78 is 37.3. The standard InChI is InChI=1S/C12H14F3N3/c1-2-6-17-11(16)18-8-9-4-3-5-10(7-9)12(13,14)15/h2-5,7H,1,6,8H2,(H3,16,17,18). The van der Waals surface area contributed by atoms with Crippen LogP contribution in [0.15, 0.2) is 41.9 Å². The van der Waals surface area contributed by atoms with Gasteiger partial charge in [-0.3, -0.25) is 0 Å². The third kappa shape index (κ3) is 4.48. The summed E-state index contributed by atoms with van der Waals surface area (Å²) in [7, 11) is 0. The first-order valence-corrected chi connectivity index (χ1v) is 5.24. The van der Waals surface area contributed by atoms with Gasteiger partial charge in [0.2, 0.25) is 0 Å². The van der Waals surface area contributed by atoms with Gasteiger partial charge in [-0.1, -0.05) is 18.2 Å². The maximum Gasteiger partial charge on any atom is 0.416 e. The molecule has 6 heteroatoms. The lowest BCUT2D eigenvalue weighted by Gasteiger charge is -2.08. The molecule has 1 aromatic rings. The van der Waals surface area contributed by atoms with Gasteiger partial charge in [-0.25, -0.2) is 4.99 Å². The molecule has 0 aliphatic heterocycles. The smallest absolute Gasteiger partial charge is 0.370 e. The number of nitrogens with one attached hydrogen (secondary N) is 1. The van der Waals surface area contributed by atoms with Crippen molar-refractivity contribution in [2.24, 2.45) is 10.7 Å². The lowest BCUT2D eigenvalue weighted by molar-refractivity contribution is -0.137. The summed E-state index contributed by atoms with van der Waals surface area (Å²) in [6.07, 6.45) is -2.74. The summed E-state index contributed by atoms with van der Waals surface area (Å²) in [5.74, 6) is 0.173. The number of nitrogens with two attached hydrogens (primary N) is 1.